The fourth-order valence-electron chi connectivity index (χ4n) is 1.49. The largest absolute Gasteiger partial charge is 0.336 e. The highest BCUT2D eigenvalue weighted by Crippen LogP contribution is 2.21. The van der Waals surface area contributed by atoms with Gasteiger partial charge in [0.05, 0.1) is 12.1 Å². The van der Waals surface area contributed by atoms with Gasteiger partial charge in [0, 0.05) is 18.9 Å². The van der Waals surface area contributed by atoms with Crippen LogP contribution in [0, 0.1) is 0 Å². The minimum atomic E-state index is 0.0966. The first kappa shape index (κ1) is 10.3. The van der Waals surface area contributed by atoms with Crippen molar-refractivity contribution >= 4 is 15.9 Å². The smallest absolute Gasteiger partial charge is 0.115 e. The maximum atomic E-state index is 5.75. The second-order valence-electron chi connectivity index (χ2n) is 3.19. The molecule has 3 N–H and O–H groups in total. The molecule has 0 amide bonds. The number of aromatic nitrogens is 3. The Labute approximate surface area is 96.1 Å². The lowest BCUT2D eigenvalue weighted by Crippen LogP contribution is -2.15. The molecule has 0 aliphatic rings. The van der Waals surface area contributed by atoms with E-state index in [2.05, 4.69) is 30.9 Å². The highest BCUT2D eigenvalue weighted by molar-refractivity contribution is 9.10. The molecule has 0 aliphatic heterocycles. The number of rotatable bonds is 3. The van der Waals surface area contributed by atoms with E-state index >= 15 is 0 Å². The number of nitrogens with one attached hydrogen (secondary N) is 1. The molecule has 15 heavy (non-hydrogen) atoms. The fourth-order valence-corrected chi connectivity index (χ4v) is 1.80. The normalized spacial score (nSPS) is 12.7. The topological polar surface area (TPSA) is 67.6 Å². The number of imidazole rings is 1. The second kappa shape index (κ2) is 4.55. The zero-order valence-corrected chi connectivity index (χ0v) is 9.61. The Kier molecular flexibility index (Phi) is 3.13. The molecule has 1 unspecified atom stereocenters. The quantitative estimate of drug-likeness (QED) is 0.888. The van der Waals surface area contributed by atoms with Crippen molar-refractivity contribution in [2.75, 3.05) is 6.54 Å². The van der Waals surface area contributed by atoms with Crippen molar-refractivity contribution in [1.82, 2.24) is 15.0 Å². The predicted molar refractivity (Wildman–Crippen MR) is 61.4 cm³/mol. The van der Waals surface area contributed by atoms with Crippen molar-refractivity contribution in [2.45, 2.75) is 5.92 Å². The summed E-state index contributed by atoms with van der Waals surface area (Å²) in [5, 5.41) is 0. The molecule has 0 spiro atoms. The fraction of sp³-hybridized carbons (Fsp3) is 0.200. The second-order valence-corrected chi connectivity index (χ2v) is 4.04. The van der Waals surface area contributed by atoms with Gasteiger partial charge in [-0.1, -0.05) is 0 Å². The zero-order chi connectivity index (χ0) is 10.7. The van der Waals surface area contributed by atoms with E-state index in [-0.39, 0.29) is 5.92 Å². The standard InChI is InChI=1S/C10H11BrN4/c11-9-6-14-10(15-9)8(5-12)7-1-3-13-4-2-7/h1-4,6,8H,5,12H2,(H,14,15). The van der Waals surface area contributed by atoms with Gasteiger partial charge in [-0.3, -0.25) is 4.98 Å². The number of H-pyrrole nitrogens is 1. The molecule has 0 aromatic carbocycles. The van der Waals surface area contributed by atoms with Crippen LogP contribution in [0.5, 0.6) is 0 Å². The first-order valence-electron chi connectivity index (χ1n) is 4.61. The van der Waals surface area contributed by atoms with Crippen LogP contribution < -0.4 is 5.73 Å². The molecule has 4 nitrogen and oxygen atoms in total. The molecule has 0 fully saturated rings. The van der Waals surface area contributed by atoms with Crippen LogP contribution in [-0.2, 0) is 0 Å². The van der Waals surface area contributed by atoms with E-state index in [1.807, 2.05) is 12.1 Å². The lowest BCUT2D eigenvalue weighted by molar-refractivity contribution is 0.762. The van der Waals surface area contributed by atoms with Crippen LogP contribution in [0.1, 0.15) is 17.3 Å². The molecule has 0 saturated carbocycles. The molecule has 1 atom stereocenters. The van der Waals surface area contributed by atoms with Crippen LogP contribution in [-0.4, -0.2) is 21.5 Å². The van der Waals surface area contributed by atoms with E-state index in [9.17, 15) is 0 Å². The summed E-state index contributed by atoms with van der Waals surface area (Å²) in [4.78, 5) is 11.4. The van der Waals surface area contributed by atoms with E-state index in [4.69, 9.17) is 5.73 Å². The SMILES string of the molecule is NCC(c1ccncc1)c1ncc(Br)[nH]1. The molecular weight excluding hydrogens is 256 g/mol. The summed E-state index contributed by atoms with van der Waals surface area (Å²) in [6, 6.07) is 3.90. The molecule has 2 rings (SSSR count). The number of pyridine rings is 1. The zero-order valence-electron chi connectivity index (χ0n) is 8.02. The lowest BCUT2D eigenvalue weighted by atomic mass is 10.00. The van der Waals surface area contributed by atoms with E-state index in [0.29, 0.717) is 6.54 Å². The van der Waals surface area contributed by atoms with Crippen molar-refractivity contribution in [3.63, 3.8) is 0 Å². The van der Waals surface area contributed by atoms with Crippen LogP contribution in [0.3, 0.4) is 0 Å². The average Bonchev–Trinajstić information content (AvgIpc) is 2.68. The van der Waals surface area contributed by atoms with Gasteiger partial charge in [0.2, 0.25) is 0 Å². The number of halogens is 1. The van der Waals surface area contributed by atoms with Crippen molar-refractivity contribution in [1.29, 1.82) is 0 Å². The molecule has 2 aromatic rings. The summed E-state index contributed by atoms with van der Waals surface area (Å²) in [7, 11) is 0. The number of hydrogen-bond acceptors (Lipinski definition) is 3. The average molecular weight is 267 g/mol. The third-order valence-corrected chi connectivity index (χ3v) is 2.64. The molecule has 0 radical (unpaired) electrons. The van der Waals surface area contributed by atoms with Crippen LogP contribution in [0.2, 0.25) is 0 Å². The van der Waals surface area contributed by atoms with Gasteiger partial charge >= 0.3 is 0 Å². The molecular formula is C10H11BrN4. The van der Waals surface area contributed by atoms with Gasteiger partial charge in [-0.15, -0.1) is 0 Å². The minimum absolute atomic E-state index is 0.0966. The van der Waals surface area contributed by atoms with Crippen LogP contribution in [0.15, 0.2) is 35.3 Å². The maximum Gasteiger partial charge on any atom is 0.115 e. The Bertz CT molecular complexity index is 426. The van der Waals surface area contributed by atoms with Crippen LogP contribution in [0.4, 0.5) is 0 Å². The molecule has 0 bridgehead atoms. The van der Waals surface area contributed by atoms with E-state index in [1.54, 1.807) is 18.6 Å². The third kappa shape index (κ3) is 2.24. The molecule has 0 saturated heterocycles. The van der Waals surface area contributed by atoms with Crippen molar-refractivity contribution in [3.8, 4) is 0 Å². The maximum absolute atomic E-state index is 5.75. The predicted octanol–water partition coefficient (Wildman–Crippen LogP) is 1.66. The Morgan fingerprint density at radius 1 is 1.40 bits per heavy atom. The Balaban J connectivity index is 2.33. The highest BCUT2D eigenvalue weighted by atomic mass is 79.9. The van der Waals surface area contributed by atoms with Crippen molar-refractivity contribution in [2.24, 2.45) is 5.73 Å². The molecule has 0 aliphatic carbocycles. The Hall–Kier alpha value is -1.20. The van der Waals surface area contributed by atoms with E-state index < -0.39 is 0 Å². The monoisotopic (exact) mass is 266 g/mol. The Morgan fingerprint density at radius 3 is 2.67 bits per heavy atom. The third-order valence-electron chi connectivity index (χ3n) is 2.24. The summed E-state index contributed by atoms with van der Waals surface area (Å²) in [5.74, 6) is 0.967. The summed E-state index contributed by atoms with van der Waals surface area (Å²) < 4.78 is 0.866. The van der Waals surface area contributed by atoms with Crippen molar-refractivity contribution < 1.29 is 0 Å². The first-order valence-corrected chi connectivity index (χ1v) is 5.41. The lowest BCUT2D eigenvalue weighted by Gasteiger charge is -2.11. The van der Waals surface area contributed by atoms with Gasteiger partial charge in [0.25, 0.3) is 0 Å². The summed E-state index contributed by atoms with van der Waals surface area (Å²) in [6.45, 7) is 0.518. The van der Waals surface area contributed by atoms with Gasteiger partial charge < -0.3 is 10.7 Å². The van der Waals surface area contributed by atoms with Gasteiger partial charge in [0.1, 0.15) is 10.4 Å². The molecule has 5 heteroatoms. The Morgan fingerprint density at radius 2 is 2.13 bits per heavy atom. The van der Waals surface area contributed by atoms with Gasteiger partial charge in [-0.2, -0.15) is 0 Å². The molecule has 2 aromatic heterocycles. The molecule has 78 valence electrons. The van der Waals surface area contributed by atoms with E-state index in [1.165, 1.54) is 0 Å². The van der Waals surface area contributed by atoms with Crippen LogP contribution >= 0.6 is 15.9 Å². The highest BCUT2D eigenvalue weighted by Gasteiger charge is 2.15. The summed E-state index contributed by atoms with van der Waals surface area (Å²) in [6.07, 6.45) is 5.26. The van der Waals surface area contributed by atoms with Gasteiger partial charge in [0.15, 0.2) is 0 Å². The molecule has 2 heterocycles. The summed E-state index contributed by atoms with van der Waals surface area (Å²) in [5.41, 5.74) is 6.87. The first-order chi connectivity index (χ1) is 7.31. The van der Waals surface area contributed by atoms with E-state index in [0.717, 1.165) is 16.0 Å². The van der Waals surface area contributed by atoms with Crippen LogP contribution in [0.25, 0.3) is 0 Å². The number of nitrogens with zero attached hydrogens (tertiary/aromatic N) is 2. The van der Waals surface area contributed by atoms with Gasteiger partial charge in [-0.25, -0.2) is 4.98 Å². The number of nitrogens with two attached hydrogens (primary N) is 1. The van der Waals surface area contributed by atoms with Gasteiger partial charge in [-0.05, 0) is 33.6 Å². The van der Waals surface area contributed by atoms with Crippen molar-refractivity contribution in [3.05, 3.63) is 46.7 Å². The number of hydrogen-bond donors (Lipinski definition) is 2. The summed E-state index contributed by atoms with van der Waals surface area (Å²) >= 11 is 3.33. The number of aromatic amines is 1. The minimum Gasteiger partial charge on any atom is -0.336 e.